The summed E-state index contributed by atoms with van der Waals surface area (Å²) < 4.78 is 11.3. The molecule has 35 heavy (non-hydrogen) atoms. The molecule has 7 N–H and O–H groups in total. The Morgan fingerprint density at radius 1 is 1.11 bits per heavy atom. The van der Waals surface area contributed by atoms with Crippen LogP contribution < -0.4 is 16.4 Å². The third-order valence-electron chi connectivity index (χ3n) is 5.66. The summed E-state index contributed by atoms with van der Waals surface area (Å²) in [6.07, 6.45) is -1.21. The fraction of sp³-hybridized carbons (Fsp3) is 0.542. The van der Waals surface area contributed by atoms with Crippen LogP contribution in [0.15, 0.2) is 36.9 Å². The topological polar surface area (TPSA) is 180 Å². The molecular formula is C24H35N3O8. The van der Waals surface area contributed by atoms with Gasteiger partial charge in [0.1, 0.15) is 12.2 Å². The van der Waals surface area contributed by atoms with E-state index in [1.807, 2.05) is 0 Å². The first-order valence-electron chi connectivity index (χ1n) is 11.6. The number of aliphatic hydroxyl groups excluding tert-OH is 3. The van der Waals surface area contributed by atoms with Crippen molar-refractivity contribution in [1.82, 2.24) is 5.32 Å². The Kier molecular flexibility index (Phi) is 11.8. The molecule has 0 aliphatic carbocycles. The largest absolute Gasteiger partial charge is 0.394 e. The second-order valence-corrected chi connectivity index (χ2v) is 8.40. The molecule has 0 bridgehead atoms. The highest BCUT2D eigenvalue weighted by atomic mass is 16.7. The van der Waals surface area contributed by atoms with Gasteiger partial charge in [-0.2, -0.15) is 0 Å². The fourth-order valence-electron chi connectivity index (χ4n) is 3.71. The zero-order valence-electron chi connectivity index (χ0n) is 19.6. The highest BCUT2D eigenvalue weighted by Gasteiger charge is 2.45. The summed E-state index contributed by atoms with van der Waals surface area (Å²) in [7, 11) is 0. The molecule has 0 spiro atoms. The Morgan fingerprint density at radius 3 is 2.46 bits per heavy atom. The van der Waals surface area contributed by atoms with Crippen LogP contribution in [0.3, 0.4) is 0 Å². The van der Waals surface area contributed by atoms with Crippen LogP contribution in [-0.2, 0) is 30.5 Å². The van der Waals surface area contributed by atoms with Crippen molar-refractivity contribution in [2.45, 2.75) is 63.3 Å². The summed E-state index contributed by atoms with van der Waals surface area (Å²) >= 11 is 0. The molecule has 1 fully saturated rings. The van der Waals surface area contributed by atoms with Crippen molar-refractivity contribution in [3.63, 3.8) is 0 Å². The Hall–Kier alpha value is -2.83. The number of ether oxygens (including phenoxy) is 2. The molecule has 11 nitrogen and oxygen atoms in total. The number of nitrogens with two attached hydrogens (primary N) is 1. The van der Waals surface area contributed by atoms with Gasteiger partial charge in [-0.05, 0) is 36.6 Å². The van der Waals surface area contributed by atoms with E-state index in [4.69, 9.17) is 15.2 Å². The maximum absolute atomic E-state index is 12.1. The SMILES string of the molecule is C=CC(=O)NCCCCCC(=O)Nc1ccc(CO[C@H]2O[C@H](CO)[C@@H](O)[C@H](O)[C@@H]2CC(N)=O)cc1. The van der Waals surface area contributed by atoms with Crippen LogP contribution >= 0.6 is 0 Å². The molecule has 194 valence electrons. The van der Waals surface area contributed by atoms with Gasteiger partial charge in [-0.15, -0.1) is 0 Å². The van der Waals surface area contributed by atoms with Crippen LogP contribution in [0.4, 0.5) is 5.69 Å². The minimum Gasteiger partial charge on any atom is -0.394 e. The molecule has 11 heteroatoms. The summed E-state index contributed by atoms with van der Waals surface area (Å²) in [6.45, 7) is 3.47. The maximum Gasteiger partial charge on any atom is 0.243 e. The second-order valence-electron chi connectivity index (χ2n) is 8.40. The number of aliphatic hydroxyl groups is 3. The Labute approximate surface area is 204 Å². The van der Waals surface area contributed by atoms with E-state index in [-0.39, 0.29) is 24.8 Å². The van der Waals surface area contributed by atoms with E-state index in [9.17, 15) is 29.7 Å². The van der Waals surface area contributed by atoms with E-state index in [1.165, 1.54) is 6.08 Å². The van der Waals surface area contributed by atoms with E-state index in [1.54, 1.807) is 24.3 Å². The summed E-state index contributed by atoms with van der Waals surface area (Å²) in [5.41, 5.74) is 6.61. The third kappa shape index (κ3) is 9.38. The number of anilines is 1. The molecule has 1 heterocycles. The van der Waals surface area contributed by atoms with Crippen LogP contribution in [0.1, 0.15) is 37.7 Å². The van der Waals surface area contributed by atoms with Crippen molar-refractivity contribution in [1.29, 1.82) is 0 Å². The molecule has 5 atom stereocenters. The lowest BCUT2D eigenvalue weighted by molar-refractivity contribution is -0.288. The molecule has 0 aromatic heterocycles. The molecule has 0 saturated carbocycles. The predicted molar refractivity (Wildman–Crippen MR) is 127 cm³/mol. The lowest BCUT2D eigenvalue weighted by Gasteiger charge is -2.41. The molecule has 1 saturated heterocycles. The van der Waals surface area contributed by atoms with E-state index in [0.717, 1.165) is 18.4 Å². The zero-order valence-corrected chi connectivity index (χ0v) is 19.6. The average Bonchev–Trinajstić information content (AvgIpc) is 2.84. The molecule has 1 aliphatic rings. The number of carbonyl (C=O) groups is 3. The molecule has 0 unspecified atom stereocenters. The fourth-order valence-corrected chi connectivity index (χ4v) is 3.71. The van der Waals surface area contributed by atoms with Gasteiger partial charge in [0.25, 0.3) is 0 Å². The van der Waals surface area contributed by atoms with Crippen LogP contribution in [0.5, 0.6) is 0 Å². The summed E-state index contributed by atoms with van der Waals surface area (Å²) in [5.74, 6) is -1.89. The van der Waals surface area contributed by atoms with Crippen LogP contribution in [0.25, 0.3) is 0 Å². The van der Waals surface area contributed by atoms with Crippen molar-refractivity contribution in [2.24, 2.45) is 11.7 Å². The Morgan fingerprint density at radius 2 is 1.83 bits per heavy atom. The van der Waals surface area contributed by atoms with Gasteiger partial charge in [0, 0.05) is 31.0 Å². The normalized spacial score (nSPS) is 23.9. The van der Waals surface area contributed by atoms with Crippen LogP contribution in [-0.4, -0.2) is 70.8 Å². The minimum atomic E-state index is -1.37. The molecule has 1 aliphatic heterocycles. The lowest BCUT2D eigenvalue weighted by atomic mass is 9.88. The molecule has 3 amide bonds. The summed E-state index contributed by atoms with van der Waals surface area (Å²) in [5, 5.41) is 35.3. The quantitative estimate of drug-likeness (QED) is 0.154. The molecular weight excluding hydrogens is 458 g/mol. The number of benzene rings is 1. The highest BCUT2D eigenvalue weighted by Crippen LogP contribution is 2.30. The first kappa shape index (κ1) is 28.4. The number of hydrogen-bond donors (Lipinski definition) is 6. The standard InChI is InChI=1S/C24H35N3O8/c1-2-20(30)26-11-5-3-4-6-21(31)27-16-9-7-15(8-10-16)14-34-24-17(12-19(25)29)22(32)23(33)18(13-28)35-24/h2,7-10,17-18,22-24,28,32-33H,1,3-6,11-14H2,(H2,25,29)(H,26,30)(H,27,31)/t17-,18+,22+,23+,24-/m0/s1. The number of hydrogen-bond acceptors (Lipinski definition) is 8. The maximum atomic E-state index is 12.1. The average molecular weight is 494 g/mol. The van der Waals surface area contributed by atoms with Gasteiger partial charge in [0.05, 0.1) is 19.3 Å². The van der Waals surface area contributed by atoms with Gasteiger partial charge in [-0.3, -0.25) is 14.4 Å². The van der Waals surface area contributed by atoms with Crippen molar-refractivity contribution in [2.75, 3.05) is 18.5 Å². The zero-order chi connectivity index (χ0) is 25.8. The van der Waals surface area contributed by atoms with Gasteiger partial charge < -0.3 is 41.2 Å². The number of carbonyl (C=O) groups excluding carboxylic acids is 3. The minimum absolute atomic E-state index is 0.0670. The van der Waals surface area contributed by atoms with E-state index in [2.05, 4.69) is 17.2 Å². The Bertz CT molecular complexity index is 848. The first-order valence-corrected chi connectivity index (χ1v) is 11.6. The van der Waals surface area contributed by atoms with Gasteiger partial charge in [0.2, 0.25) is 17.7 Å². The molecule has 0 radical (unpaired) electrons. The predicted octanol–water partition coefficient (Wildman–Crippen LogP) is -0.0651. The summed E-state index contributed by atoms with van der Waals surface area (Å²) in [4.78, 5) is 34.6. The monoisotopic (exact) mass is 493 g/mol. The second kappa shape index (κ2) is 14.5. The van der Waals surface area contributed by atoms with Gasteiger partial charge in [-0.1, -0.05) is 25.1 Å². The van der Waals surface area contributed by atoms with E-state index in [0.29, 0.717) is 25.1 Å². The van der Waals surface area contributed by atoms with Gasteiger partial charge in [0.15, 0.2) is 6.29 Å². The number of amides is 3. The number of primary amides is 1. The number of unbranched alkanes of at least 4 members (excludes halogenated alkanes) is 2. The smallest absolute Gasteiger partial charge is 0.243 e. The van der Waals surface area contributed by atoms with Gasteiger partial charge >= 0.3 is 0 Å². The van der Waals surface area contributed by atoms with E-state index >= 15 is 0 Å². The molecule has 1 aromatic carbocycles. The van der Waals surface area contributed by atoms with Crippen molar-refractivity contribution < 1.29 is 39.2 Å². The van der Waals surface area contributed by atoms with Crippen molar-refractivity contribution in [3.05, 3.63) is 42.5 Å². The third-order valence-corrected chi connectivity index (χ3v) is 5.66. The Balaban J connectivity index is 1.79. The number of nitrogens with one attached hydrogen (secondary N) is 2. The molecule has 2 rings (SSSR count). The van der Waals surface area contributed by atoms with Gasteiger partial charge in [-0.25, -0.2) is 0 Å². The highest BCUT2D eigenvalue weighted by molar-refractivity contribution is 5.90. The van der Waals surface area contributed by atoms with Crippen molar-refractivity contribution >= 4 is 23.4 Å². The van der Waals surface area contributed by atoms with E-state index < -0.39 is 43.0 Å². The van der Waals surface area contributed by atoms with Crippen LogP contribution in [0, 0.1) is 5.92 Å². The summed E-state index contributed by atoms with van der Waals surface area (Å²) in [6, 6.07) is 6.94. The first-order chi connectivity index (χ1) is 16.7. The lowest BCUT2D eigenvalue weighted by Crippen LogP contribution is -2.56. The van der Waals surface area contributed by atoms with Crippen LogP contribution in [0.2, 0.25) is 0 Å². The molecule has 1 aromatic rings. The van der Waals surface area contributed by atoms with Crippen molar-refractivity contribution in [3.8, 4) is 0 Å². The number of rotatable bonds is 14.